The first-order valence-electron chi connectivity index (χ1n) is 12.0. The van der Waals surface area contributed by atoms with Gasteiger partial charge in [-0.2, -0.15) is 0 Å². The Morgan fingerprint density at radius 3 is 2.25 bits per heavy atom. The molecule has 3 unspecified atom stereocenters. The van der Waals surface area contributed by atoms with E-state index in [1.54, 1.807) is 6.92 Å². The molecule has 170 valence electrons. The molecule has 3 aliphatic rings. The number of nitrogens with one attached hydrogen (secondary N) is 1. The quantitative estimate of drug-likeness (QED) is 0.456. The van der Waals surface area contributed by atoms with E-state index in [1.165, 1.54) is 0 Å². The summed E-state index contributed by atoms with van der Waals surface area (Å²) in [6.07, 6.45) is 3.81. The average molecular weight is 436 g/mol. The van der Waals surface area contributed by atoms with Crippen molar-refractivity contribution < 1.29 is 18.8 Å². The van der Waals surface area contributed by atoms with Crippen molar-refractivity contribution in [2.24, 2.45) is 5.92 Å². The van der Waals surface area contributed by atoms with Crippen molar-refractivity contribution in [1.82, 2.24) is 0 Å². The molecule has 3 aliphatic heterocycles. The maximum atomic E-state index is 13.5. The minimum absolute atomic E-state index is 0.0230. The Labute approximate surface area is 191 Å². The van der Waals surface area contributed by atoms with Gasteiger partial charge in [0, 0.05) is 37.8 Å². The van der Waals surface area contributed by atoms with E-state index in [0.717, 1.165) is 61.1 Å². The van der Waals surface area contributed by atoms with Crippen LogP contribution in [0.5, 0.6) is 0 Å². The highest BCUT2D eigenvalue weighted by atomic mass is 16.5. The van der Waals surface area contributed by atoms with Gasteiger partial charge in [-0.1, -0.05) is 61.9 Å². The number of carbonyl (C=O) groups is 2. The van der Waals surface area contributed by atoms with Gasteiger partial charge < -0.3 is 14.5 Å². The second-order valence-electron chi connectivity index (χ2n) is 9.43. The molecule has 0 aliphatic carbocycles. The maximum Gasteiger partial charge on any atom is 0.333 e. The van der Waals surface area contributed by atoms with Crippen LogP contribution in [0.1, 0.15) is 51.1 Å². The largest absolute Gasteiger partial charge is 0.454 e. The van der Waals surface area contributed by atoms with Gasteiger partial charge in [-0.05, 0) is 17.7 Å². The number of piperidine rings is 3. The first-order valence-corrected chi connectivity index (χ1v) is 12.0. The maximum absolute atomic E-state index is 13.5. The van der Waals surface area contributed by atoms with Crippen molar-refractivity contribution in [3.63, 3.8) is 0 Å². The minimum atomic E-state index is -0.568. The number of rotatable bonds is 9. The number of Topliss-reactive ketones (excluding diaryl/α,β-unsaturated/α-hetero) is 1. The summed E-state index contributed by atoms with van der Waals surface area (Å²) in [5.74, 6) is 0.415. The van der Waals surface area contributed by atoms with E-state index in [-0.39, 0.29) is 23.9 Å². The Balaban J connectivity index is 1.53. The molecule has 3 heterocycles. The Morgan fingerprint density at radius 2 is 1.66 bits per heavy atom. The summed E-state index contributed by atoms with van der Waals surface area (Å²) in [6.45, 7) is 6.67. The van der Waals surface area contributed by atoms with E-state index < -0.39 is 6.04 Å². The smallest absolute Gasteiger partial charge is 0.333 e. The number of nitrogens with zero attached hydrogens (tertiary/aromatic N) is 1. The standard InChI is InChI=1S/C27H35N2O3/c1-3-10-24(20(2)30)29-17-15-21(16-18-29)25(19-29)32-27(31)26(22-11-6-4-7-12-22)28-23-13-8-5-9-14-23/h4-9,11-14,21,24-26,28H,3,10,15-19H2,1-2H3/q+1. The van der Waals surface area contributed by atoms with Gasteiger partial charge in [0.2, 0.25) is 0 Å². The summed E-state index contributed by atoms with van der Waals surface area (Å²) in [5, 5.41) is 3.37. The first kappa shape index (κ1) is 22.5. The van der Waals surface area contributed by atoms with E-state index in [1.807, 2.05) is 60.7 Å². The number of benzene rings is 2. The lowest BCUT2D eigenvalue weighted by Gasteiger charge is -2.55. The molecule has 2 bridgehead atoms. The topological polar surface area (TPSA) is 55.4 Å². The number of hydrogen-bond donors (Lipinski definition) is 1. The van der Waals surface area contributed by atoms with Crippen molar-refractivity contribution in [2.45, 2.75) is 57.7 Å². The van der Waals surface area contributed by atoms with Gasteiger partial charge >= 0.3 is 5.97 Å². The molecule has 5 heteroatoms. The summed E-state index contributed by atoms with van der Waals surface area (Å²) in [5.41, 5.74) is 1.77. The molecule has 2 aromatic carbocycles. The summed E-state index contributed by atoms with van der Waals surface area (Å²) >= 11 is 0. The van der Waals surface area contributed by atoms with E-state index in [9.17, 15) is 9.59 Å². The summed E-state index contributed by atoms with van der Waals surface area (Å²) < 4.78 is 7.01. The van der Waals surface area contributed by atoms with Gasteiger partial charge in [-0.3, -0.25) is 4.79 Å². The van der Waals surface area contributed by atoms with Crippen LogP contribution < -0.4 is 5.32 Å². The molecule has 0 aromatic heterocycles. The number of ether oxygens (including phenoxy) is 1. The zero-order valence-corrected chi connectivity index (χ0v) is 19.2. The van der Waals surface area contributed by atoms with Gasteiger partial charge in [0.15, 0.2) is 17.9 Å². The Morgan fingerprint density at radius 1 is 1.03 bits per heavy atom. The van der Waals surface area contributed by atoms with Crippen molar-refractivity contribution in [3.8, 4) is 0 Å². The Bertz CT molecular complexity index is 907. The van der Waals surface area contributed by atoms with Gasteiger partial charge in [0.25, 0.3) is 0 Å². The highest BCUT2D eigenvalue weighted by Gasteiger charge is 2.52. The number of esters is 1. The molecular weight excluding hydrogens is 400 g/mol. The number of hydrogen-bond acceptors (Lipinski definition) is 4. The molecular formula is C27H35N2O3+. The van der Waals surface area contributed by atoms with Crippen molar-refractivity contribution in [1.29, 1.82) is 0 Å². The van der Waals surface area contributed by atoms with Crippen LogP contribution in [0.3, 0.4) is 0 Å². The highest BCUT2D eigenvalue weighted by Crippen LogP contribution is 2.39. The number of fused-ring (bicyclic) bond motifs is 3. The first-order chi connectivity index (χ1) is 15.5. The van der Waals surface area contributed by atoms with Crippen LogP contribution in [0.2, 0.25) is 0 Å². The fourth-order valence-electron chi connectivity index (χ4n) is 5.71. The van der Waals surface area contributed by atoms with Crippen LogP contribution in [0.25, 0.3) is 0 Å². The molecule has 1 N–H and O–H groups in total. The van der Waals surface area contributed by atoms with Crippen molar-refractivity contribution in [3.05, 3.63) is 66.2 Å². The van der Waals surface area contributed by atoms with Gasteiger partial charge in [0.1, 0.15) is 12.6 Å². The molecule has 3 fully saturated rings. The zero-order valence-electron chi connectivity index (χ0n) is 19.2. The number of para-hydroxylation sites is 1. The Kier molecular flexibility index (Phi) is 6.95. The molecule has 0 saturated carbocycles. The lowest BCUT2D eigenvalue weighted by molar-refractivity contribution is -0.960. The van der Waals surface area contributed by atoms with Crippen LogP contribution >= 0.6 is 0 Å². The number of ketones is 1. The van der Waals surface area contributed by atoms with Gasteiger partial charge in [-0.15, -0.1) is 0 Å². The Hall–Kier alpha value is -2.66. The van der Waals surface area contributed by atoms with Crippen molar-refractivity contribution in [2.75, 3.05) is 25.0 Å². The van der Waals surface area contributed by atoms with Crippen LogP contribution in [0.4, 0.5) is 5.69 Å². The summed E-state index contributed by atoms with van der Waals surface area (Å²) in [6, 6.07) is 19.0. The fourth-order valence-corrected chi connectivity index (χ4v) is 5.71. The molecule has 0 amide bonds. The van der Waals surface area contributed by atoms with Crippen LogP contribution in [-0.4, -0.2) is 48.0 Å². The van der Waals surface area contributed by atoms with Crippen molar-refractivity contribution >= 4 is 17.4 Å². The van der Waals surface area contributed by atoms with Crippen LogP contribution in [-0.2, 0) is 14.3 Å². The average Bonchev–Trinajstić information content (AvgIpc) is 2.82. The molecule has 2 aromatic rings. The number of anilines is 1. The zero-order chi connectivity index (χ0) is 22.6. The molecule has 0 radical (unpaired) electrons. The molecule has 3 atom stereocenters. The third-order valence-corrected chi connectivity index (χ3v) is 7.37. The lowest BCUT2D eigenvalue weighted by Crippen LogP contribution is -2.69. The SMILES string of the molecule is CCCC(C(C)=O)[N+]12CCC(CC1)C(OC(=O)C(Nc1ccccc1)c1ccccc1)C2. The number of quaternary nitrogens is 1. The van der Waals surface area contributed by atoms with E-state index in [4.69, 9.17) is 4.74 Å². The molecule has 32 heavy (non-hydrogen) atoms. The van der Waals surface area contributed by atoms with Crippen LogP contribution in [0.15, 0.2) is 60.7 Å². The van der Waals surface area contributed by atoms with Gasteiger partial charge in [-0.25, -0.2) is 4.79 Å². The number of carbonyl (C=O) groups excluding carboxylic acids is 2. The summed E-state index contributed by atoms with van der Waals surface area (Å²) in [4.78, 5) is 26.0. The van der Waals surface area contributed by atoms with E-state index in [0.29, 0.717) is 5.92 Å². The molecule has 3 saturated heterocycles. The second-order valence-corrected chi connectivity index (χ2v) is 9.43. The second kappa shape index (κ2) is 9.86. The monoisotopic (exact) mass is 435 g/mol. The fraction of sp³-hybridized carbons (Fsp3) is 0.481. The lowest BCUT2D eigenvalue weighted by atomic mass is 9.80. The van der Waals surface area contributed by atoms with Gasteiger partial charge in [0.05, 0.1) is 13.1 Å². The van der Waals surface area contributed by atoms with E-state index in [2.05, 4.69) is 12.2 Å². The molecule has 5 rings (SSSR count). The predicted octanol–water partition coefficient (Wildman–Crippen LogP) is 4.75. The predicted molar refractivity (Wildman–Crippen MR) is 126 cm³/mol. The van der Waals surface area contributed by atoms with Crippen LogP contribution in [0, 0.1) is 5.92 Å². The molecule has 5 nitrogen and oxygen atoms in total. The minimum Gasteiger partial charge on any atom is -0.454 e. The molecule has 0 spiro atoms. The van der Waals surface area contributed by atoms with E-state index >= 15 is 0 Å². The third-order valence-electron chi connectivity index (χ3n) is 7.37. The third kappa shape index (κ3) is 4.73. The summed E-state index contributed by atoms with van der Waals surface area (Å²) in [7, 11) is 0. The highest BCUT2D eigenvalue weighted by molar-refractivity contribution is 5.81. The normalized spacial score (nSPS) is 26.2.